The van der Waals surface area contributed by atoms with E-state index in [2.05, 4.69) is 30.0 Å². The molecule has 4 aromatic heterocycles. The first-order valence-electron chi connectivity index (χ1n) is 13.2. The third-order valence-corrected chi connectivity index (χ3v) is 7.35. The molecular formula is C28H28N8O4. The average molecular weight is 541 g/mol. The SMILES string of the molecule is CC(=O)OCc1c(-c2cc(Nc3nccnn3)c(=O)n(C)c2)ccnc1N1CCn2c(cc3c2CCCC3)C1=O. The molecular weight excluding hydrogens is 512 g/mol. The van der Waals surface area contributed by atoms with Crippen LogP contribution in [0.1, 0.15) is 47.1 Å². The van der Waals surface area contributed by atoms with Crippen molar-refractivity contribution in [3.63, 3.8) is 0 Å². The van der Waals surface area contributed by atoms with E-state index in [4.69, 9.17) is 4.74 Å². The summed E-state index contributed by atoms with van der Waals surface area (Å²) in [5.41, 5.74) is 5.02. The maximum absolute atomic E-state index is 13.8. The molecule has 1 N–H and O–H groups in total. The number of ether oxygens (including phenoxy) is 1. The second kappa shape index (κ2) is 10.4. The molecule has 0 saturated heterocycles. The van der Waals surface area contributed by atoms with Crippen molar-refractivity contribution in [1.29, 1.82) is 0 Å². The van der Waals surface area contributed by atoms with Crippen LogP contribution >= 0.6 is 0 Å². The number of nitrogens with one attached hydrogen (secondary N) is 1. The topological polar surface area (TPSA) is 137 Å². The van der Waals surface area contributed by atoms with Gasteiger partial charge in [0, 0.05) is 56.3 Å². The molecule has 0 aromatic carbocycles. The van der Waals surface area contributed by atoms with Gasteiger partial charge in [-0.05, 0) is 55.0 Å². The Labute approximate surface area is 229 Å². The Morgan fingerprint density at radius 2 is 1.93 bits per heavy atom. The van der Waals surface area contributed by atoms with Gasteiger partial charge in [0.2, 0.25) is 5.95 Å². The summed E-state index contributed by atoms with van der Waals surface area (Å²) in [6.07, 6.45) is 10.5. The molecule has 0 bridgehead atoms. The number of fused-ring (bicyclic) bond motifs is 3. The van der Waals surface area contributed by atoms with Gasteiger partial charge in [0.25, 0.3) is 11.5 Å². The number of carbonyl (C=O) groups excluding carboxylic acids is 2. The Hall–Kier alpha value is -4.87. The second-order valence-electron chi connectivity index (χ2n) is 9.91. The highest BCUT2D eigenvalue weighted by Gasteiger charge is 2.32. The molecule has 0 radical (unpaired) electrons. The normalized spacial score (nSPS) is 14.4. The molecule has 0 spiro atoms. The Balaban J connectivity index is 1.43. The summed E-state index contributed by atoms with van der Waals surface area (Å²) in [5, 5.41) is 10.6. The summed E-state index contributed by atoms with van der Waals surface area (Å²) in [7, 11) is 1.64. The van der Waals surface area contributed by atoms with Gasteiger partial charge >= 0.3 is 5.97 Å². The Bertz CT molecular complexity index is 1680. The predicted octanol–water partition coefficient (Wildman–Crippen LogP) is 2.78. The minimum Gasteiger partial charge on any atom is -0.461 e. The van der Waals surface area contributed by atoms with Gasteiger partial charge in [-0.25, -0.2) is 9.97 Å². The Kier molecular flexibility index (Phi) is 6.58. The van der Waals surface area contributed by atoms with Crippen molar-refractivity contribution in [3.05, 3.63) is 75.9 Å². The van der Waals surface area contributed by atoms with Gasteiger partial charge in [-0.3, -0.25) is 19.3 Å². The van der Waals surface area contributed by atoms with Crippen LogP contribution in [0, 0.1) is 0 Å². The van der Waals surface area contributed by atoms with Crippen molar-refractivity contribution < 1.29 is 14.3 Å². The summed E-state index contributed by atoms with van der Waals surface area (Å²) in [6, 6.07) is 5.47. The van der Waals surface area contributed by atoms with Crippen LogP contribution in [0.3, 0.4) is 0 Å². The quantitative estimate of drug-likeness (QED) is 0.366. The summed E-state index contributed by atoms with van der Waals surface area (Å²) in [6.45, 7) is 2.34. The number of pyridine rings is 2. The van der Waals surface area contributed by atoms with E-state index in [0.29, 0.717) is 41.3 Å². The van der Waals surface area contributed by atoms with E-state index in [-0.39, 0.29) is 29.7 Å². The lowest BCUT2D eigenvalue weighted by Gasteiger charge is -2.31. The van der Waals surface area contributed by atoms with E-state index < -0.39 is 5.97 Å². The number of carbonyl (C=O) groups is 2. The monoisotopic (exact) mass is 540 g/mol. The van der Waals surface area contributed by atoms with Gasteiger partial charge in [-0.1, -0.05) is 0 Å². The van der Waals surface area contributed by atoms with E-state index in [1.165, 1.54) is 35.1 Å². The van der Waals surface area contributed by atoms with Crippen LogP contribution in [0.25, 0.3) is 11.1 Å². The van der Waals surface area contributed by atoms with E-state index in [1.807, 2.05) is 6.07 Å². The number of nitrogens with zero attached hydrogens (tertiary/aromatic N) is 7. The smallest absolute Gasteiger partial charge is 0.302 e. The molecule has 2 aliphatic rings. The summed E-state index contributed by atoms with van der Waals surface area (Å²) in [5.74, 6) is 0.0137. The van der Waals surface area contributed by atoms with Gasteiger partial charge in [-0.15, -0.1) is 5.10 Å². The molecule has 1 aliphatic carbocycles. The summed E-state index contributed by atoms with van der Waals surface area (Å²) < 4.78 is 9.02. The lowest BCUT2D eigenvalue weighted by Crippen LogP contribution is -2.41. The van der Waals surface area contributed by atoms with Gasteiger partial charge < -0.3 is 19.2 Å². The van der Waals surface area contributed by atoms with Crippen LogP contribution in [0.15, 0.2) is 47.8 Å². The summed E-state index contributed by atoms with van der Waals surface area (Å²) in [4.78, 5) is 48.9. The van der Waals surface area contributed by atoms with E-state index in [0.717, 1.165) is 25.7 Å². The number of hydrogen-bond donors (Lipinski definition) is 1. The van der Waals surface area contributed by atoms with Crippen molar-refractivity contribution in [2.75, 3.05) is 16.8 Å². The molecule has 1 amide bonds. The first kappa shape index (κ1) is 25.4. The lowest BCUT2D eigenvalue weighted by atomic mass is 9.98. The fraction of sp³-hybridized carbons (Fsp3) is 0.321. The fourth-order valence-corrected chi connectivity index (χ4v) is 5.51. The predicted molar refractivity (Wildman–Crippen MR) is 146 cm³/mol. The number of rotatable bonds is 6. The molecule has 5 heterocycles. The number of amides is 1. The highest BCUT2D eigenvalue weighted by atomic mass is 16.5. The standard InChI is InChI=1S/C28H28N8O4/c1-17(37)40-16-21-20(19-13-22(26(38)34(2)15-19)32-28-30-9-10-31-33-28)7-8-29-25(21)36-12-11-35-23-6-4-3-5-18(23)14-24(35)27(36)39/h7-10,13-15H,3-6,11-12,16H2,1-2H3,(H,30,32,33). The molecule has 0 saturated carbocycles. The van der Waals surface area contributed by atoms with Crippen molar-refractivity contribution in [2.45, 2.75) is 45.8 Å². The van der Waals surface area contributed by atoms with Crippen LogP contribution in [-0.4, -0.2) is 47.7 Å². The minimum atomic E-state index is -0.455. The molecule has 40 heavy (non-hydrogen) atoms. The zero-order chi connectivity index (χ0) is 27.8. The zero-order valence-corrected chi connectivity index (χ0v) is 22.3. The third kappa shape index (κ3) is 4.61. The van der Waals surface area contributed by atoms with Crippen LogP contribution in [0.4, 0.5) is 17.5 Å². The maximum atomic E-state index is 13.8. The van der Waals surface area contributed by atoms with Gasteiger partial charge in [0.15, 0.2) is 0 Å². The average Bonchev–Trinajstić information content (AvgIpc) is 3.35. The Morgan fingerprint density at radius 1 is 1.07 bits per heavy atom. The molecule has 0 fully saturated rings. The van der Waals surface area contributed by atoms with Crippen molar-refractivity contribution in [3.8, 4) is 11.1 Å². The van der Waals surface area contributed by atoms with Crippen molar-refractivity contribution in [1.82, 2.24) is 29.3 Å². The van der Waals surface area contributed by atoms with Crippen LogP contribution in [-0.2, 0) is 42.6 Å². The van der Waals surface area contributed by atoms with E-state index in [9.17, 15) is 14.4 Å². The van der Waals surface area contributed by atoms with Crippen LogP contribution < -0.4 is 15.8 Å². The number of anilines is 3. The fourth-order valence-electron chi connectivity index (χ4n) is 5.51. The molecule has 12 heteroatoms. The van der Waals surface area contributed by atoms with E-state index >= 15 is 0 Å². The molecule has 6 rings (SSSR count). The third-order valence-electron chi connectivity index (χ3n) is 7.35. The van der Waals surface area contributed by atoms with Gasteiger partial charge in [-0.2, -0.15) is 5.10 Å². The van der Waals surface area contributed by atoms with Crippen LogP contribution in [0.5, 0.6) is 0 Å². The highest BCUT2D eigenvalue weighted by Crippen LogP contribution is 2.35. The molecule has 0 atom stereocenters. The highest BCUT2D eigenvalue weighted by molar-refractivity contribution is 6.06. The van der Waals surface area contributed by atoms with Crippen molar-refractivity contribution >= 4 is 29.3 Å². The largest absolute Gasteiger partial charge is 0.461 e. The number of aryl methyl sites for hydroxylation is 2. The van der Waals surface area contributed by atoms with Crippen LogP contribution in [0.2, 0.25) is 0 Å². The molecule has 12 nitrogen and oxygen atoms in total. The first-order chi connectivity index (χ1) is 19.4. The van der Waals surface area contributed by atoms with Crippen molar-refractivity contribution in [2.24, 2.45) is 7.05 Å². The lowest BCUT2D eigenvalue weighted by molar-refractivity contribution is -0.142. The van der Waals surface area contributed by atoms with E-state index in [1.54, 1.807) is 36.5 Å². The zero-order valence-electron chi connectivity index (χ0n) is 22.3. The number of hydrogen-bond acceptors (Lipinski definition) is 9. The summed E-state index contributed by atoms with van der Waals surface area (Å²) >= 11 is 0. The van der Waals surface area contributed by atoms with Gasteiger partial charge in [0.1, 0.15) is 23.8 Å². The number of aromatic nitrogens is 6. The number of esters is 1. The Morgan fingerprint density at radius 3 is 2.73 bits per heavy atom. The first-order valence-corrected chi connectivity index (χ1v) is 13.2. The minimum absolute atomic E-state index is 0.0908. The second-order valence-corrected chi connectivity index (χ2v) is 9.91. The molecule has 204 valence electrons. The molecule has 0 unspecified atom stereocenters. The van der Waals surface area contributed by atoms with Gasteiger partial charge in [0.05, 0.1) is 12.4 Å². The molecule has 4 aromatic rings. The molecule has 1 aliphatic heterocycles. The maximum Gasteiger partial charge on any atom is 0.302 e.